The minimum atomic E-state index is 0. The SMILES string of the molecule is CCSC(C(=O)N1CC(CN)CC1C)C(C)C.Cl. The van der Waals surface area contributed by atoms with Gasteiger partial charge in [-0.25, -0.2) is 0 Å². The van der Waals surface area contributed by atoms with Gasteiger partial charge < -0.3 is 10.6 Å². The van der Waals surface area contributed by atoms with Crippen LogP contribution < -0.4 is 5.73 Å². The number of halogens is 1. The summed E-state index contributed by atoms with van der Waals surface area (Å²) >= 11 is 1.77. The lowest BCUT2D eigenvalue weighted by atomic mass is 10.1. The molecule has 5 heteroatoms. The topological polar surface area (TPSA) is 46.3 Å². The average molecular weight is 295 g/mol. The van der Waals surface area contributed by atoms with Crippen LogP contribution in [0.25, 0.3) is 0 Å². The predicted molar refractivity (Wildman–Crippen MR) is 82.3 cm³/mol. The molecule has 3 atom stereocenters. The summed E-state index contributed by atoms with van der Waals surface area (Å²) in [5.41, 5.74) is 5.71. The molecule has 1 saturated heterocycles. The fourth-order valence-corrected chi connectivity index (χ4v) is 3.53. The van der Waals surface area contributed by atoms with Crippen molar-refractivity contribution in [3.63, 3.8) is 0 Å². The molecule has 1 rings (SSSR count). The van der Waals surface area contributed by atoms with Crippen LogP contribution >= 0.6 is 24.2 Å². The minimum absolute atomic E-state index is 0. The number of carbonyl (C=O) groups is 1. The summed E-state index contributed by atoms with van der Waals surface area (Å²) in [5.74, 6) is 2.21. The third-order valence-electron chi connectivity index (χ3n) is 3.47. The predicted octanol–water partition coefficient (Wildman–Crippen LogP) is 2.38. The lowest BCUT2D eigenvalue weighted by Crippen LogP contribution is -2.42. The van der Waals surface area contributed by atoms with Gasteiger partial charge >= 0.3 is 0 Å². The Morgan fingerprint density at radius 3 is 2.50 bits per heavy atom. The highest BCUT2D eigenvalue weighted by Gasteiger charge is 2.35. The van der Waals surface area contributed by atoms with Crippen molar-refractivity contribution in [2.75, 3.05) is 18.8 Å². The van der Waals surface area contributed by atoms with Crippen molar-refractivity contribution < 1.29 is 4.79 Å². The third kappa shape index (κ3) is 4.32. The van der Waals surface area contributed by atoms with E-state index in [1.807, 2.05) is 4.90 Å². The van der Waals surface area contributed by atoms with E-state index >= 15 is 0 Å². The van der Waals surface area contributed by atoms with Crippen molar-refractivity contribution in [2.24, 2.45) is 17.6 Å². The Hall–Kier alpha value is 0.0700. The van der Waals surface area contributed by atoms with Gasteiger partial charge in [0, 0.05) is 12.6 Å². The first-order valence-electron chi connectivity index (χ1n) is 6.63. The Morgan fingerprint density at radius 1 is 1.50 bits per heavy atom. The molecule has 0 spiro atoms. The maximum absolute atomic E-state index is 12.5. The van der Waals surface area contributed by atoms with Gasteiger partial charge in [0.15, 0.2) is 0 Å². The Kier molecular flexibility index (Phi) is 8.31. The summed E-state index contributed by atoms with van der Waals surface area (Å²) in [6.45, 7) is 10.1. The number of likely N-dealkylation sites (tertiary alicyclic amines) is 1. The summed E-state index contributed by atoms with van der Waals surface area (Å²) in [6.07, 6.45) is 1.06. The van der Waals surface area contributed by atoms with Crippen molar-refractivity contribution in [1.29, 1.82) is 0 Å². The van der Waals surface area contributed by atoms with Crippen molar-refractivity contribution in [3.8, 4) is 0 Å². The molecule has 0 bridgehead atoms. The first kappa shape index (κ1) is 18.1. The minimum Gasteiger partial charge on any atom is -0.339 e. The van der Waals surface area contributed by atoms with E-state index in [0.29, 0.717) is 30.3 Å². The van der Waals surface area contributed by atoms with Crippen molar-refractivity contribution in [3.05, 3.63) is 0 Å². The highest BCUT2D eigenvalue weighted by atomic mass is 35.5. The molecule has 1 fully saturated rings. The zero-order valence-corrected chi connectivity index (χ0v) is 13.5. The molecule has 0 aromatic heterocycles. The second-order valence-corrected chi connectivity index (χ2v) is 6.72. The second-order valence-electron chi connectivity index (χ2n) is 5.30. The van der Waals surface area contributed by atoms with E-state index in [1.165, 1.54) is 0 Å². The fourth-order valence-electron chi connectivity index (χ4n) is 2.51. The van der Waals surface area contributed by atoms with Crippen LogP contribution in [-0.2, 0) is 4.79 Å². The van der Waals surface area contributed by atoms with Gasteiger partial charge in [0.25, 0.3) is 0 Å². The van der Waals surface area contributed by atoms with Crippen LogP contribution in [0.3, 0.4) is 0 Å². The van der Waals surface area contributed by atoms with Crippen LogP contribution in [0.2, 0.25) is 0 Å². The Labute approximate surface area is 122 Å². The highest BCUT2D eigenvalue weighted by Crippen LogP contribution is 2.28. The molecule has 1 heterocycles. The van der Waals surface area contributed by atoms with Gasteiger partial charge in [-0.15, -0.1) is 24.2 Å². The number of amides is 1. The summed E-state index contributed by atoms with van der Waals surface area (Å²) in [4.78, 5) is 14.6. The summed E-state index contributed by atoms with van der Waals surface area (Å²) < 4.78 is 0. The van der Waals surface area contributed by atoms with E-state index in [4.69, 9.17) is 5.73 Å². The molecule has 0 aromatic rings. The lowest BCUT2D eigenvalue weighted by molar-refractivity contribution is -0.131. The Bertz CT molecular complexity index is 263. The summed E-state index contributed by atoms with van der Waals surface area (Å²) in [7, 11) is 0. The number of thioether (sulfide) groups is 1. The van der Waals surface area contributed by atoms with E-state index in [2.05, 4.69) is 27.7 Å². The van der Waals surface area contributed by atoms with Gasteiger partial charge in [-0.05, 0) is 37.5 Å². The van der Waals surface area contributed by atoms with Gasteiger partial charge in [-0.3, -0.25) is 4.79 Å². The molecule has 108 valence electrons. The smallest absolute Gasteiger partial charge is 0.236 e. The first-order chi connectivity index (χ1) is 8.01. The normalized spacial score (nSPS) is 25.1. The van der Waals surface area contributed by atoms with Crippen molar-refractivity contribution >= 4 is 30.1 Å². The van der Waals surface area contributed by atoms with E-state index in [0.717, 1.165) is 18.7 Å². The fraction of sp³-hybridized carbons (Fsp3) is 0.923. The summed E-state index contributed by atoms with van der Waals surface area (Å²) in [5, 5.41) is 0.110. The van der Waals surface area contributed by atoms with Gasteiger partial charge in [0.2, 0.25) is 5.91 Å². The van der Waals surface area contributed by atoms with Gasteiger partial charge in [0.05, 0.1) is 5.25 Å². The maximum atomic E-state index is 12.5. The number of hydrogen-bond acceptors (Lipinski definition) is 3. The number of hydrogen-bond donors (Lipinski definition) is 1. The molecule has 1 aliphatic rings. The zero-order chi connectivity index (χ0) is 13.0. The van der Waals surface area contributed by atoms with Crippen LogP contribution in [0.5, 0.6) is 0 Å². The van der Waals surface area contributed by atoms with E-state index in [1.54, 1.807) is 11.8 Å². The number of nitrogens with zero attached hydrogens (tertiary/aromatic N) is 1. The monoisotopic (exact) mass is 294 g/mol. The molecule has 0 aliphatic carbocycles. The molecule has 0 aromatic carbocycles. The molecule has 3 unspecified atom stereocenters. The molecule has 3 nitrogen and oxygen atoms in total. The van der Waals surface area contributed by atoms with E-state index in [9.17, 15) is 4.79 Å². The first-order valence-corrected chi connectivity index (χ1v) is 7.68. The number of carbonyl (C=O) groups excluding carboxylic acids is 1. The van der Waals surface area contributed by atoms with Gasteiger partial charge in [-0.1, -0.05) is 20.8 Å². The van der Waals surface area contributed by atoms with Gasteiger partial charge in [0.1, 0.15) is 0 Å². The zero-order valence-electron chi connectivity index (χ0n) is 11.9. The third-order valence-corrected chi connectivity index (χ3v) is 4.91. The number of nitrogens with two attached hydrogens (primary N) is 1. The van der Waals surface area contributed by atoms with E-state index < -0.39 is 0 Å². The molecule has 0 saturated carbocycles. The Balaban J connectivity index is 0.00000289. The molecule has 2 N–H and O–H groups in total. The van der Waals surface area contributed by atoms with Crippen LogP contribution in [-0.4, -0.2) is 40.9 Å². The van der Waals surface area contributed by atoms with Gasteiger partial charge in [-0.2, -0.15) is 0 Å². The highest BCUT2D eigenvalue weighted by molar-refractivity contribution is 8.00. The van der Waals surface area contributed by atoms with Crippen molar-refractivity contribution in [2.45, 2.75) is 45.4 Å². The second kappa shape index (κ2) is 8.28. The average Bonchev–Trinajstić information content (AvgIpc) is 2.66. The quantitative estimate of drug-likeness (QED) is 0.847. The standard InChI is InChI=1S/C13H26N2OS.ClH/c1-5-17-12(9(2)3)13(16)15-8-11(7-14)6-10(15)4;/h9-12H,5-8,14H2,1-4H3;1H. The molecule has 18 heavy (non-hydrogen) atoms. The summed E-state index contributed by atoms with van der Waals surface area (Å²) in [6, 6.07) is 0.356. The largest absolute Gasteiger partial charge is 0.339 e. The molecule has 1 aliphatic heterocycles. The Morgan fingerprint density at radius 2 is 2.11 bits per heavy atom. The van der Waals surface area contributed by atoms with Crippen LogP contribution in [0.4, 0.5) is 0 Å². The molecular weight excluding hydrogens is 268 g/mol. The van der Waals surface area contributed by atoms with Crippen LogP contribution in [0.1, 0.15) is 34.1 Å². The van der Waals surface area contributed by atoms with Crippen molar-refractivity contribution in [1.82, 2.24) is 4.90 Å². The number of rotatable bonds is 5. The molecule has 0 radical (unpaired) electrons. The van der Waals surface area contributed by atoms with Crippen LogP contribution in [0, 0.1) is 11.8 Å². The maximum Gasteiger partial charge on any atom is 0.236 e. The van der Waals surface area contributed by atoms with E-state index in [-0.39, 0.29) is 17.7 Å². The molecule has 1 amide bonds. The molecular formula is C13H27ClN2OS. The van der Waals surface area contributed by atoms with Crippen LogP contribution in [0.15, 0.2) is 0 Å². The lowest BCUT2D eigenvalue weighted by Gasteiger charge is -2.28.